The molecular formula is C13H14Cl3NO2. The van der Waals surface area contributed by atoms with Crippen molar-refractivity contribution in [2.75, 3.05) is 23.7 Å². The molecule has 1 aromatic rings. The maximum absolute atomic E-state index is 11.2. The average Bonchev–Trinajstić information content (AvgIpc) is 2.36. The van der Waals surface area contributed by atoms with Gasteiger partial charge in [0.1, 0.15) is 0 Å². The first-order valence-corrected chi connectivity index (χ1v) is 6.85. The summed E-state index contributed by atoms with van der Waals surface area (Å²) < 4.78 is 4.76. The van der Waals surface area contributed by atoms with E-state index < -0.39 is 6.09 Å². The molecular weight excluding hydrogens is 309 g/mol. The topological polar surface area (TPSA) is 38.3 Å². The summed E-state index contributed by atoms with van der Waals surface area (Å²) in [6.45, 7) is 1.90. The molecule has 0 aromatic heterocycles. The number of rotatable bonds is 2. The van der Waals surface area contributed by atoms with Crippen molar-refractivity contribution < 1.29 is 9.53 Å². The zero-order valence-corrected chi connectivity index (χ0v) is 12.6. The number of ether oxygens (including phenoxy) is 1. The molecule has 0 aliphatic carbocycles. The highest BCUT2D eigenvalue weighted by molar-refractivity contribution is 6.30. The van der Waals surface area contributed by atoms with Crippen molar-refractivity contribution in [3.05, 3.63) is 29.3 Å². The second kappa shape index (κ2) is 12.0. The Kier molecular flexibility index (Phi) is 11.3. The van der Waals surface area contributed by atoms with Crippen LogP contribution in [0, 0.1) is 11.8 Å². The Hall–Kier alpha value is -1.08. The number of amides is 1. The van der Waals surface area contributed by atoms with E-state index in [9.17, 15) is 4.79 Å². The van der Waals surface area contributed by atoms with Crippen LogP contribution in [0.2, 0.25) is 5.02 Å². The highest BCUT2D eigenvalue weighted by Gasteiger charge is 2.01. The SMILES string of the molecule is CCCl.O=C(Nc1cccc(Cl)c1)OCC#CCCl. The van der Waals surface area contributed by atoms with Crippen LogP contribution in [0.15, 0.2) is 24.3 Å². The molecule has 3 nitrogen and oxygen atoms in total. The molecule has 0 saturated heterocycles. The summed E-state index contributed by atoms with van der Waals surface area (Å²) >= 11 is 16.1. The van der Waals surface area contributed by atoms with Crippen LogP contribution in [0.4, 0.5) is 10.5 Å². The molecule has 0 aliphatic heterocycles. The van der Waals surface area contributed by atoms with Crippen LogP contribution < -0.4 is 5.32 Å². The summed E-state index contributed by atoms with van der Waals surface area (Å²) in [6.07, 6.45) is -0.578. The summed E-state index contributed by atoms with van der Waals surface area (Å²) in [5, 5.41) is 3.05. The lowest BCUT2D eigenvalue weighted by Crippen LogP contribution is -2.13. The number of hydrogen-bond donors (Lipinski definition) is 1. The second-order valence-corrected chi connectivity index (χ2v) is 4.20. The fourth-order valence-electron chi connectivity index (χ4n) is 0.920. The average molecular weight is 323 g/mol. The number of benzene rings is 1. The summed E-state index contributed by atoms with van der Waals surface area (Å²) in [4.78, 5) is 11.2. The maximum atomic E-state index is 11.2. The van der Waals surface area contributed by atoms with Gasteiger partial charge in [-0.3, -0.25) is 5.32 Å². The molecule has 0 radical (unpaired) electrons. The van der Waals surface area contributed by atoms with Crippen molar-refractivity contribution in [3.63, 3.8) is 0 Å². The first-order valence-electron chi connectivity index (χ1n) is 5.41. The summed E-state index contributed by atoms with van der Waals surface area (Å²) in [5.41, 5.74) is 0.572. The number of anilines is 1. The van der Waals surface area contributed by atoms with Gasteiger partial charge in [-0.2, -0.15) is 0 Å². The van der Waals surface area contributed by atoms with Crippen LogP contribution >= 0.6 is 34.8 Å². The molecule has 104 valence electrons. The molecule has 1 aromatic carbocycles. The number of hydrogen-bond acceptors (Lipinski definition) is 2. The van der Waals surface area contributed by atoms with E-state index in [1.165, 1.54) is 0 Å². The van der Waals surface area contributed by atoms with Gasteiger partial charge < -0.3 is 4.74 Å². The number of alkyl halides is 2. The van der Waals surface area contributed by atoms with Gasteiger partial charge in [0, 0.05) is 16.6 Å². The van der Waals surface area contributed by atoms with Crippen molar-refractivity contribution in [1.29, 1.82) is 0 Å². The summed E-state index contributed by atoms with van der Waals surface area (Å²) in [6, 6.07) is 6.76. The van der Waals surface area contributed by atoms with Crippen LogP contribution in [-0.2, 0) is 4.74 Å². The van der Waals surface area contributed by atoms with Gasteiger partial charge in [0.05, 0.1) is 5.88 Å². The first-order chi connectivity index (χ1) is 9.13. The van der Waals surface area contributed by atoms with Crippen LogP contribution in [0.1, 0.15) is 6.92 Å². The third kappa shape index (κ3) is 10.5. The first kappa shape index (κ1) is 17.9. The Balaban J connectivity index is 0.000000982. The van der Waals surface area contributed by atoms with Gasteiger partial charge in [0.15, 0.2) is 6.61 Å². The van der Waals surface area contributed by atoms with Crippen LogP contribution in [-0.4, -0.2) is 24.5 Å². The van der Waals surface area contributed by atoms with E-state index in [-0.39, 0.29) is 12.5 Å². The van der Waals surface area contributed by atoms with Gasteiger partial charge >= 0.3 is 6.09 Å². The summed E-state index contributed by atoms with van der Waals surface area (Å²) in [7, 11) is 0. The Morgan fingerprint density at radius 1 is 1.37 bits per heavy atom. The van der Waals surface area contributed by atoms with E-state index in [0.29, 0.717) is 10.7 Å². The smallest absolute Gasteiger partial charge is 0.412 e. The molecule has 6 heteroatoms. The zero-order chi connectivity index (χ0) is 14.5. The van der Waals surface area contributed by atoms with Crippen molar-refractivity contribution in [2.45, 2.75) is 6.92 Å². The lowest BCUT2D eigenvalue weighted by Gasteiger charge is -2.04. The highest BCUT2D eigenvalue weighted by atomic mass is 35.5. The second-order valence-electron chi connectivity index (χ2n) is 2.97. The molecule has 0 spiro atoms. The number of carbonyl (C=O) groups excluding carboxylic acids is 1. The monoisotopic (exact) mass is 321 g/mol. The van der Waals surface area contributed by atoms with Gasteiger partial charge in [0.25, 0.3) is 0 Å². The Morgan fingerprint density at radius 2 is 2.05 bits per heavy atom. The number of nitrogens with one attached hydrogen (secondary N) is 1. The third-order valence-electron chi connectivity index (χ3n) is 1.54. The van der Waals surface area contributed by atoms with Gasteiger partial charge in [-0.15, -0.1) is 23.2 Å². The Labute approximate surface area is 128 Å². The van der Waals surface area contributed by atoms with Crippen LogP contribution in [0.5, 0.6) is 0 Å². The third-order valence-corrected chi connectivity index (χ3v) is 1.91. The molecule has 1 N–H and O–H groups in total. The van der Waals surface area contributed by atoms with E-state index in [1.54, 1.807) is 24.3 Å². The van der Waals surface area contributed by atoms with Gasteiger partial charge in [-0.25, -0.2) is 4.79 Å². The van der Waals surface area contributed by atoms with E-state index >= 15 is 0 Å². The normalized spacial score (nSPS) is 8.42. The minimum absolute atomic E-state index is 0.0130. The highest BCUT2D eigenvalue weighted by Crippen LogP contribution is 2.14. The van der Waals surface area contributed by atoms with Crippen molar-refractivity contribution in [3.8, 4) is 11.8 Å². The van der Waals surface area contributed by atoms with Crippen LogP contribution in [0.3, 0.4) is 0 Å². The lowest BCUT2D eigenvalue weighted by molar-refractivity contribution is 0.176. The molecule has 0 unspecified atom stereocenters. The zero-order valence-electron chi connectivity index (χ0n) is 10.4. The molecule has 0 saturated carbocycles. The molecule has 1 amide bonds. The van der Waals surface area contributed by atoms with Crippen molar-refractivity contribution in [1.82, 2.24) is 0 Å². The fourth-order valence-corrected chi connectivity index (χ4v) is 1.20. The molecule has 0 atom stereocenters. The minimum Gasteiger partial charge on any atom is -0.436 e. The quantitative estimate of drug-likeness (QED) is 0.648. The van der Waals surface area contributed by atoms with Crippen LogP contribution in [0.25, 0.3) is 0 Å². The lowest BCUT2D eigenvalue weighted by atomic mass is 10.3. The van der Waals surface area contributed by atoms with Gasteiger partial charge in [-0.05, 0) is 18.2 Å². The summed E-state index contributed by atoms with van der Waals surface area (Å²) in [5.74, 6) is 6.08. The molecule has 0 fully saturated rings. The number of halogens is 3. The van der Waals surface area contributed by atoms with Crippen molar-refractivity contribution in [2.24, 2.45) is 0 Å². The van der Waals surface area contributed by atoms with Gasteiger partial charge in [0.2, 0.25) is 0 Å². The standard InChI is InChI=1S/C11H9Cl2NO2.C2H5Cl/c12-6-1-2-7-16-11(15)14-10-5-3-4-9(13)8-10;1-2-3/h3-5,8H,6-7H2,(H,14,15);2H2,1H3. The Bertz CT molecular complexity index is 441. The maximum Gasteiger partial charge on any atom is 0.412 e. The molecule has 0 aliphatic rings. The fraction of sp³-hybridized carbons (Fsp3) is 0.308. The molecule has 0 bridgehead atoms. The molecule has 1 rings (SSSR count). The number of carbonyl (C=O) groups is 1. The molecule has 0 heterocycles. The largest absolute Gasteiger partial charge is 0.436 e. The van der Waals surface area contributed by atoms with Gasteiger partial charge in [-0.1, -0.05) is 36.4 Å². The predicted octanol–water partition coefficient (Wildman–Crippen LogP) is 4.38. The van der Waals surface area contributed by atoms with Crippen molar-refractivity contribution >= 4 is 46.6 Å². The van der Waals surface area contributed by atoms with E-state index in [4.69, 9.17) is 39.5 Å². The predicted molar refractivity (Wildman–Crippen MR) is 81.3 cm³/mol. The minimum atomic E-state index is -0.578. The molecule has 19 heavy (non-hydrogen) atoms. The van der Waals surface area contributed by atoms with E-state index in [2.05, 4.69) is 17.2 Å². The Morgan fingerprint density at radius 3 is 2.63 bits per heavy atom. The van der Waals surface area contributed by atoms with E-state index in [0.717, 1.165) is 5.88 Å². The van der Waals surface area contributed by atoms with E-state index in [1.807, 2.05) is 6.92 Å².